The number of aryl methyl sites for hydroxylation is 2. The number of ether oxygens (including phenoxy) is 1. The van der Waals surface area contributed by atoms with Gasteiger partial charge in [-0.25, -0.2) is 0 Å². The third kappa shape index (κ3) is 4.14. The number of methoxy groups -OCH3 is 1. The summed E-state index contributed by atoms with van der Waals surface area (Å²) in [5, 5.41) is 3.48. The third-order valence-corrected chi connectivity index (χ3v) is 4.12. The van der Waals surface area contributed by atoms with Gasteiger partial charge in [-0.2, -0.15) is 18.3 Å². The van der Waals surface area contributed by atoms with Gasteiger partial charge in [-0.3, -0.25) is 14.5 Å². The van der Waals surface area contributed by atoms with Crippen LogP contribution in [0.1, 0.15) is 28.2 Å². The lowest BCUT2D eigenvalue weighted by Gasteiger charge is -2.19. The summed E-state index contributed by atoms with van der Waals surface area (Å²) in [5.41, 5.74) is 1.63. The van der Waals surface area contributed by atoms with Gasteiger partial charge in [0.25, 0.3) is 0 Å². The molecule has 0 aliphatic heterocycles. The van der Waals surface area contributed by atoms with Crippen molar-refractivity contribution in [2.75, 3.05) is 14.2 Å². The van der Waals surface area contributed by atoms with Crippen LogP contribution in [0.5, 0.6) is 5.75 Å². The zero-order chi connectivity index (χ0) is 19.6. The van der Waals surface area contributed by atoms with E-state index in [1.54, 1.807) is 20.4 Å². The second-order valence-electron chi connectivity index (χ2n) is 6.12. The molecule has 0 aliphatic rings. The Morgan fingerprint density at radius 1 is 1.31 bits per heavy atom. The molecule has 0 N–H and O–H groups in total. The normalized spacial score (nSPS) is 11.5. The van der Waals surface area contributed by atoms with E-state index in [4.69, 9.17) is 4.74 Å². The quantitative estimate of drug-likeness (QED) is 0.812. The van der Waals surface area contributed by atoms with Crippen LogP contribution in [0.15, 0.2) is 12.3 Å². The van der Waals surface area contributed by atoms with Gasteiger partial charge in [-0.05, 0) is 26.8 Å². The molecule has 142 valence electrons. The molecule has 2 rings (SSSR count). The van der Waals surface area contributed by atoms with Crippen molar-refractivity contribution in [2.24, 2.45) is 0 Å². The highest BCUT2D eigenvalue weighted by Crippen LogP contribution is 2.28. The van der Waals surface area contributed by atoms with Crippen LogP contribution >= 0.6 is 0 Å². The predicted octanol–water partition coefficient (Wildman–Crippen LogP) is 2.89. The Morgan fingerprint density at radius 3 is 2.50 bits per heavy atom. The molecule has 0 radical (unpaired) electrons. The molecular weight excluding hydrogens is 349 g/mol. The number of hydrogen-bond donors (Lipinski definition) is 0. The molecule has 0 spiro atoms. The fourth-order valence-electron chi connectivity index (χ4n) is 2.60. The van der Waals surface area contributed by atoms with Crippen molar-refractivity contribution in [2.45, 2.75) is 40.0 Å². The Balaban J connectivity index is 2.13. The largest absolute Gasteiger partial charge is 0.496 e. The number of carbonyl (C=O) groups is 1. The molecule has 2 aromatic rings. The third-order valence-electron chi connectivity index (χ3n) is 4.12. The summed E-state index contributed by atoms with van der Waals surface area (Å²) in [6.45, 7) is 5.14. The molecule has 6 nitrogen and oxygen atoms in total. The van der Waals surface area contributed by atoms with E-state index < -0.39 is 11.9 Å². The summed E-state index contributed by atoms with van der Waals surface area (Å²) in [6.07, 6.45) is -2.88. The number of rotatable bonds is 5. The lowest BCUT2D eigenvalue weighted by Crippen LogP contribution is -2.31. The minimum Gasteiger partial charge on any atom is -0.496 e. The van der Waals surface area contributed by atoms with E-state index in [0.717, 1.165) is 21.9 Å². The van der Waals surface area contributed by atoms with Crippen LogP contribution in [0.4, 0.5) is 13.2 Å². The second kappa shape index (κ2) is 7.35. The Hall–Kier alpha value is -2.58. The van der Waals surface area contributed by atoms with Crippen molar-refractivity contribution in [1.29, 1.82) is 0 Å². The summed E-state index contributed by atoms with van der Waals surface area (Å²) >= 11 is 0. The van der Waals surface area contributed by atoms with Gasteiger partial charge in [-0.15, -0.1) is 0 Å². The topological polar surface area (TPSA) is 60.2 Å². The van der Waals surface area contributed by atoms with Crippen molar-refractivity contribution >= 4 is 5.91 Å². The van der Waals surface area contributed by atoms with Crippen molar-refractivity contribution < 1.29 is 22.7 Å². The first-order chi connectivity index (χ1) is 12.0. The van der Waals surface area contributed by atoms with Gasteiger partial charge in [0, 0.05) is 30.1 Å². The molecule has 9 heteroatoms. The van der Waals surface area contributed by atoms with Crippen LogP contribution in [0, 0.1) is 20.8 Å². The highest BCUT2D eigenvalue weighted by molar-refractivity contribution is 5.75. The van der Waals surface area contributed by atoms with E-state index in [2.05, 4.69) is 10.1 Å². The van der Waals surface area contributed by atoms with Crippen molar-refractivity contribution in [1.82, 2.24) is 19.7 Å². The summed E-state index contributed by atoms with van der Waals surface area (Å²) < 4.78 is 44.6. The van der Waals surface area contributed by atoms with Crippen molar-refractivity contribution in [3.05, 3.63) is 40.5 Å². The first-order valence-electron chi connectivity index (χ1n) is 7.89. The molecule has 0 bridgehead atoms. The minimum atomic E-state index is -4.54. The van der Waals surface area contributed by atoms with Gasteiger partial charge in [-0.1, -0.05) is 0 Å². The van der Waals surface area contributed by atoms with Crippen LogP contribution in [0.3, 0.4) is 0 Å². The molecule has 0 saturated carbocycles. The van der Waals surface area contributed by atoms with Crippen LogP contribution in [-0.2, 0) is 24.1 Å². The molecule has 2 heterocycles. The van der Waals surface area contributed by atoms with Crippen LogP contribution in [0.2, 0.25) is 0 Å². The second-order valence-corrected chi connectivity index (χ2v) is 6.12. The minimum absolute atomic E-state index is 0.216. The smallest absolute Gasteiger partial charge is 0.435 e. The number of likely N-dealkylation sites (N-methyl/N-ethyl adjacent to an activating group) is 1. The van der Waals surface area contributed by atoms with Gasteiger partial charge < -0.3 is 9.64 Å². The van der Waals surface area contributed by atoms with E-state index >= 15 is 0 Å². The summed E-state index contributed by atoms with van der Waals surface area (Å²) in [7, 11) is 3.13. The van der Waals surface area contributed by atoms with Gasteiger partial charge in [0.2, 0.25) is 5.91 Å². The standard InChI is InChI=1S/C17H21F3N4O2/c1-10-7-21-13(12(3)16(10)26-5)8-23(4)15(25)9-24-11(2)6-14(22-24)17(18,19)20/h6-7H,8-9H2,1-5H3. The number of carbonyl (C=O) groups excluding carboxylic acids is 1. The first-order valence-corrected chi connectivity index (χ1v) is 7.89. The van der Waals surface area contributed by atoms with Gasteiger partial charge >= 0.3 is 6.18 Å². The number of halogens is 3. The molecule has 0 atom stereocenters. The molecule has 0 aromatic carbocycles. The first kappa shape index (κ1) is 19.7. The zero-order valence-corrected chi connectivity index (χ0v) is 15.3. The Labute approximate surface area is 149 Å². The van der Waals surface area contributed by atoms with E-state index in [9.17, 15) is 18.0 Å². The highest BCUT2D eigenvalue weighted by atomic mass is 19.4. The molecular formula is C17H21F3N4O2. The van der Waals surface area contributed by atoms with Gasteiger partial charge in [0.05, 0.1) is 19.3 Å². The summed E-state index contributed by atoms with van der Waals surface area (Å²) in [5.74, 6) is 0.333. The molecule has 0 aliphatic carbocycles. The molecule has 0 unspecified atom stereocenters. The Kier molecular flexibility index (Phi) is 5.58. The molecule has 1 amide bonds. The van der Waals surface area contributed by atoms with Gasteiger partial charge in [0.1, 0.15) is 12.3 Å². The number of pyridine rings is 1. The van der Waals surface area contributed by atoms with Crippen molar-refractivity contribution in [3.63, 3.8) is 0 Å². The zero-order valence-electron chi connectivity index (χ0n) is 15.3. The molecule has 2 aromatic heterocycles. The lowest BCUT2D eigenvalue weighted by atomic mass is 10.1. The Bertz CT molecular complexity index is 815. The Morgan fingerprint density at radius 2 is 1.96 bits per heavy atom. The lowest BCUT2D eigenvalue weighted by molar-refractivity contribution is -0.142. The summed E-state index contributed by atoms with van der Waals surface area (Å²) in [4.78, 5) is 18.1. The van der Waals surface area contributed by atoms with E-state index in [1.165, 1.54) is 11.8 Å². The molecule has 0 saturated heterocycles. The van der Waals surface area contributed by atoms with E-state index in [0.29, 0.717) is 11.4 Å². The van der Waals surface area contributed by atoms with Crippen LogP contribution in [-0.4, -0.2) is 39.7 Å². The number of aromatic nitrogens is 3. The SMILES string of the molecule is COc1c(C)cnc(CN(C)C(=O)Cn2nc(C(F)(F)F)cc2C)c1C. The monoisotopic (exact) mass is 370 g/mol. The predicted molar refractivity (Wildman–Crippen MR) is 88.7 cm³/mol. The number of amides is 1. The maximum atomic E-state index is 12.7. The van der Waals surface area contributed by atoms with Crippen LogP contribution < -0.4 is 4.74 Å². The number of hydrogen-bond acceptors (Lipinski definition) is 4. The van der Waals surface area contributed by atoms with E-state index in [1.807, 2.05) is 13.8 Å². The average molecular weight is 370 g/mol. The van der Waals surface area contributed by atoms with E-state index in [-0.39, 0.29) is 24.7 Å². The fraction of sp³-hybridized carbons (Fsp3) is 0.471. The summed E-state index contributed by atoms with van der Waals surface area (Å²) in [6, 6.07) is 0.920. The maximum absolute atomic E-state index is 12.7. The molecule has 26 heavy (non-hydrogen) atoms. The number of nitrogens with zero attached hydrogens (tertiary/aromatic N) is 4. The highest BCUT2D eigenvalue weighted by Gasteiger charge is 2.34. The molecule has 0 fully saturated rings. The van der Waals surface area contributed by atoms with Crippen molar-refractivity contribution in [3.8, 4) is 5.75 Å². The van der Waals surface area contributed by atoms with Gasteiger partial charge in [0.15, 0.2) is 5.69 Å². The van der Waals surface area contributed by atoms with Crippen LogP contribution in [0.25, 0.3) is 0 Å². The number of alkyl halides is 3. The fourth-order valence-corrected chi connectivity index (χ4v) is 2.60. The maximum Gasteiger partial charge on any atom is 0.435 e. The average Bonchev–Trinajstić information content (AvgIpc) is 2.91.